The summed E-state index contributed by atoms with van der Waals surface area (Å²) < 4.78 is 2.11. The molecule has 1 fully saturated rings. The number of amides is 1. The zero-order valence-electron chi connectivity index (χ0n) is 13.3. The molecule has 1 heterocycles. The summed E-state index contributed by atoms with van der Waals surface area (Å²) in [6, 6.07) is 16.1. The van der Waals surface area contributed by atoms with E-state index < -0.39 is 0 Å². The maximum Gasteiger partial charge on any atom is 0.228 e. The van der Waals surface area contributed by atoms with Crippen molar-refractivity contribution < 1.29 is 4.79 Å². The van der Waals surface area contributed by atoms with Crippen molar-refractivity contribution in [1.82, 2.24) is 4.90 Å². The predicted molar refractivity (Wildman–Crippen MR) is 105 cm³/mol. The first-order chi connectivity index (χ1) is 11.6. The number of carbonyl (C=O) groups is 1. The average molecular weight is 452 g/mol. The van der Waals surface area contributed by atoms with Gasteiger partial charge in [0, 0.05) is 27.7 Å². The zero-order valence-corrected chi connectivity index (χ0v) is 16.5. The Balaban J connectivity index is 1.58. The number of nitrogens with zero attached hydrogens (tertiary/aromatic N) is 1. The van der Waals surface area contributed by atoms with Crippen molar-refractivity contribution in [3.8, 4) is 0 Å². The van der Waals surface area contributed by atoms with Crippen LogP contribution in [0.4, 0.5) is 5.69 Å². The Bertz CT molecular complexity index is 703. The molecule has 1 unspecified atom stereocenters. The van der Waals surface area contributed by atoms with E-state index in [1.165, 1.54) is 5.56 Å². The number of nitrogens with one attached hydrogen (secondary N) is 1. The van der Waals surface area contributed by atoms with Crippen LogP contribution in [0.15, 0.2) is 57.5 Å². The third-order valence-corrected chi connectivity index (χ3v) is 5.31. The quantitative estimate of drug-likeness (QED) is 0.704. The van der Waals surface area contributed by atoms with Crippen molar-refractivity contribution in [3.63, 3.8) is 0 Å². The van der Waals surface area contributed by atoms with Crippen molar-refractivity contribution in [1.29, 1.82) is 0 Å². The molecule has 1 aliphatic heterocycles. The molecule has 0 saturated carbocycles. The van der Waals surface area contributed by atoms with Gasteiger partial charge in [-0.05, 0) is 61.3 Å². The van der Waals surface area contributed by atoms with Gasteiger partial charge in [0.2, 0.25) is 5.91 Å². The van der Waals surface area contributed by atoms with Gasteiger partial charge in [-0.15, -0.1) is 0 Å². The van der Waals surface area contributed by atoms with Crippen molar-refractivity contribution in [3.05, 3.63) is 63.0 Å². The second-order valence-corrected chi connectivity index (χ2v) is 8.03. The fourth-order valence-corrected chi connectivity index (χ4v) is 3.80. The van der Waals surface area contributed by atoms with E-state index in [2.05, 4.69) is 60.3 Å². The van der Waals surface area contributed by atoms with Gasteiger partial charge < -0.3 is 5.32 Å². The minimum Gasteiger partial charge on any atom is -0.326 e. The van der Waals surface area contributed by atoms with Gasteiger partial charge in [0.05, 0.1) is 5.92 Å². The highest BCUT2D eigenvalue weighted by Crippen LogP contribution is 2.22. The zero-order chi connectivity index (χ0) is 16.9. The predicted octanol–water partition coefficient (Wildman–Crippen LogP) is 5.06. The minimum absolute atomic E-state index is 0.0505. The first-order valence-electron chi connectivity index (χ1n) is 8.13. The molecular weight excluding hydrogens is 432 g/mol. The van der Waals surface area contributed by atoms with E-state index in [1.807, 2.05) is 30.3 Å². The third-order valence-electron chi connectivity index (χ3n) is 4.28. The van der Waals surface area contributed by atoms with Crippen molar-refractivity contribution in [2.75, 3.05) is 18.4 Å². The number of hydrogen-bond acceptors (Lipinski definition) is 2. The molecule has 3 rings (SSSR count). The van der Waals surface area contributed by atoms with Gasteiger partial charge in [0.1, 0.15) is 0 Å². The van der Waals surface area contributed by atoms with Crippen molar-refractivity contribution in [2.45, 2.75) is 19.4 Å². The molecule has 0 radical (unpaired) electrons. The van der Waals surface area contributed by atoms with E-state index >= 15 is 0 Å². The minimum atomic E-state index is 0.0505. The Morgan fingerprint density at radius 3 is 2.67 bits per heavy atom. The van der Waals surface area contributed by atoms with E-state index in [1.54, 1.807) is 0 Å². The number of benzene rings is 2. The van der Waals surface area contributed by atoms with Gasteiger partial charge in [-0.2, -0.15) is 0 Å². The molecule has 126 valence electrons. The monoisotopic (exact) mass is 450 g/mol. The number of likely N-dealkylation sites (tertiary alicyclic amines) is 1. The molecule has 0 aromatic heterocycles. The highest BCUT2D eigenvalue weighted by molar-refractivity contribution is 9.10. The molecule has 5 heteroatoms. The van der Waals surface area contributed by atoms with E-state index in [4.69, 9.17) is 0 Å². The summed E-state index contributed by atoms with van der Waals surface area (Å²) in [5, 5.41) is 3.04. The van der Waals surface area contributed by atoms with E-state index in [9.17, 15) is 4.79 Å². The van der Waals surface area contributed by atoms with Crippen molar-refractivity contribution >= 4 is 43.5 Å². The van der Waals surface area contributed by atoms with Crippen LogP contribution in [0.2, 0.25) is 0 Å². The smallest absolute Gasteiger partial charge is 0.228 e. The fourth-order valence-electron chi connectivity index (χ4n) is 3.08. The Morgan fingerprint density at radius 2 is 1.92 bits per heavy atom. The summed E-state index contributed by atoms with van der Waals surface area (Å²) in [4.78, 5) is 14.9. The van der Waals surface area contributed by atoms with Crippen molar-refractivity contribution in [2.24, 2.45) is 5.92 Å². The Labute approximate surface area is 159 Å². The summed E-state index contributed by atoms with van der Waals surface area (Å²) in [5.41, 5.74) is 2.13. The topological polar surface area (TPSA) is 32.3 Å². The fraction of sp³-hybridized carbons (Fsp3) is 0.316. The molecule has 1 saturated heterocycles. The maximum absolute atomic E-state index is 12.5. The lowest BCUT2D eigenvalue weighted by Gasteiger charge is -2.32. The molecule has 1 atom stereocenters. The van der Waals surface area contributed by atoms with Crippen LogP contribution in [0, 0.1) is 5.92 Å². The lowest BCUT2D eigenvalue weighted by Crippen LogP contribution is -2.40. The van der Waals surface area contributed by atoms with Gasteiger partial charge in [0.25, 0.3) is 0 Å². The Morgan fingerprint density at radius 1 is 1.12 bits per heavy atom. The third kappa shape index (κ3) is 4.91. The SMILES string of the molecule is O=C(Nc1ccc(Br)cc1)C1CCCN(Cc2cccc(Br)c2)C1. The van der Waals surface area contributed by atoms with Gasteiger partial charge in [-0.1, -0.05) is 44.0 Å². The van der Waals surface area contributed by atoms with Crippen LogP contribution < -0.4 is 5.32 Å². The van der Waals surface area contributed by atoms with Crippen LogP contribution in [0.5, 0.6) is 0 Å². The first-order valence-corrected chi connectivity index (χ1v) is 9.72. The molecule has 0 bridgehead atoms. The van der Waals surface area contributed by atoms with Gasteiger partial charge >= 0.3 is 0 Å². The molecule has 0 aliphatic carbocycles. The Hall–Kier alpha value is -1.17. The molecule has 0 spiro atoms. The lowest BCUT2D eigenvalue weighted by molar-refractivity contribution is -0.121. The van der Waals surface area contributed by atoms with Gasteiger partial charge in [-0.3, -0.25) is 9.69 Å². The number of halogens is 2. The second kappa shape index (κ2) is 8.28. The largest absolute Gasteiger partial charge is 0.326 e. The van der Waals surface area contributed by atoms with Gasteiger partial charge in [-0.25, -0.2) is 0 Å². The number of carbonyl (C=O) groups excluding carboxylic acids is 1. The molecule has 2 aromatic carbocycles. The molecule has 3 nitrogen and oxygen atoms in total. The van der Waals surface area contributed by atoms with E-state index in [-0.39, 0.29) is 11.8 Å². The number of piperidine rings is 1. The van der Waals surface area contributed by atoms with Crippen LogP contribution in [-0.2, 0) is 11.3 Å². The van der Waals surface area contributed by atoms with Crippen LogP contribution >= 0.6 is 31.9 Å². The van der Waals surface area contributed by atoms with E-state index in [0.29, 0.717) is 0 Å². The molecule has 1 N–H and O–H groups in total. The highest BCUT2D eigenvalue weighted by Gasteiger charge is 2.25. The standard InChI is InChI=1S/C19H20Br2N2O/c20-16-6-8-18(9-7-16)22-19(24)15-4-2-10-23(13-15)12-14-3-1-5-17(21)11-14/h1,3,5-9,11,15H,2,4,10,12-13H2,(H,22,24). The summed E-state index contributed by atoms with van der Waals surface area (Å²) in [5.74, 6) is 0.172. The van der Waals surface area contributed by atoms with Gasteiger partial charge in [0.15, 0.2) is 0 Å². The second-order valence-electron chi connectivity index (χ2n) is 6.20. The Kier molecular flexibility index (Phi) is 6.09. The summed E-state index contributed by atoms with van der Waals surface area (Å²) >= 11 is 6.93. The first kappa shape index (κ1) is 17.6. The molecule has 1 amide bonds. The molecule has 24 heavy (non-hydrogen) atoms. The molecular formula is C19H20Br2N2O. The highest BCUT2D eigenvalue weighted by atomic mass is 79.9. The van der Waals surface area contributed by atoms with Crippen LogP contribution in [0.25, 0.3) is 0 Å². The average Bonchev–Trinajstić information content (AvgIpc) is 2.57. The molecule has 2 aromatic rings. The summed E-state index contributed by atoms with van der Waals surface area (Å²) in [6.07, 6.45) is 2.02. The van der Waals surface area contributed by atoms with Crippen LogP contribution in [-0.4, -0.2) is 23.9 Å². The maximum atomic E-state index is 12.5. The van der Waals surface area contributed by atoms with Crippen LogP contribution in [0.3, 0.4) is 0 Å². The lowest BCUT2D eigenvalue weighted by atomic mass is 9.96. The molecule has 1 aliphatic rings. The summed E-state index contributed by atoms with van der Waals surface area (Å²) in [7, 11) is 0. The number of hydrogen-bond donors (Lipinski definition) is 1. The number of anilines is 1. The summed E-state index contributed by atoms with van der Waals surface area (Å²) in [6.45, 7) is 2.75. The van der Waals surface area contributed by atoms with Crippen LogP contribution in [0.1, 0.15) is 18.4 Å². The van der Waals surface area contributed by atoms with E-state index in [0.717, 1.165) is 47.1 Å². The normalized spacial score (nSPS) is 18.3. The number of rotatable bonds is 4.